The van der Waals surface area contributed by atoms with E-state index in [1.807, 2.05) is 56.0 Å². The van der Waals surface area contributed by atoms with Crippen molar-refractivity contribution >= 4 is 18.4 Å². The van der Waals surface area contributed by atoms with Crippen LogP contribution in [0.3, 0.4) is 0 Å². The maximum atomic E-state index is 12.1. The number of rotatable bonds is 9. The summed E-state index contributed by atoms with van der Waals surface area (Å²) in [7, 11) is 0. The molecule has 0 heterocycles. The second-order valence-electron chi connectivity index (χ2n) is 4.65. The summed E-state index contributed by atoms with van der Waals surface area (Å²) >= 11 is 0. The molecule has 0 aromatic heterocycles. The molecule has 0 bridgehead atoms. The third-order valence-electron chi connectivity index (χ3n) is 3.72. The van der Waals surface area contributed by atoms with Crippen molar-refractivity contribution in [2.45, 2.75) is 32.7 Å². The van der Waals surface area contributed by atoms with Crippen molar-refractivity contribution in [3.05, 3.63) is 35.9 Å². The smallest absolute Gasteiger partial charge is 0.328 e. The van der Waals surface area contributed by atoms with E-state index in [4.69, 9.17) is 4.74 Å². The molecule has 0 aliphatic rings. The molecule has 1 rings (SSSR count). The van der Waals surface area contributed by atoms with E-state index in [9.17, 15) is 9.90 Å². The number of hydrogen-bond donors (Lipinski definition) is 1. The Balaban J connectivity index is 0.00000400. The van der Waals surface area contributed by atoms with Gasteiger partial charge in [0.05, 0.1) is 0 Å². The standard InChI is InChI=1S/C16H25NO3.ClH/c1-4-17(5-2)16(15(18)19,12-13-20-6-3)14-10-8-7-9-11-14;/h7-11H,4-6,12-13H2,1-3H3,(H,18,19);1H. The van der Waals surface area contributed by atoms with Crippen LogP contribution in [0.1, 0.15) is 32.8 Å². The Hall–Kier alpha value is -1.10. The number of ether oxygens (including phenoxy) is 1. The van der Waals surface area contributed by atoms with Crippen LogP contribution >= 0.6 is 12.4 Å². The van der Waals surface area contributed by atoms with Crippen LogP contribution in [0.2, 0.25) is 0 Å². The van der Waals surface area contributed by atoms with Gasteiger partial charge in [0.2, 0.25) is 0 Å². The molecule has 1 aromatic rings. The van der Waals surface area contributed by atoms with Gasteiger partial charge in [0, 0.05) is 19.6 Å². The van der Waals surface area contributed by atoms with Crippen LogP contribution < -0.4 is 0 Å². The van der Waals surface area contributed by atoms with Crippen LogP contribution in [0.15, 0.2) is 30.3 Å². The van der Waals surface area contributed by atoms with Gasteiger partial charge in [0.15, 0.2) is 0 Å². The zero-order valence-electron chi connectivity index (χ0n) is 13.0. The van der Waals surface area contributed by atoms with E-state index >= 15 is 0 Å². The molecule has 21 heavy (non-hydrogen) atoms. The Morgan fingerprint density at radius 2 is 1.76 bits per heavy atom. The van der Waals surface area contributed by atoms with Crippen molar-refractivity contribution in [3.63, 3.8) is 0 Å². The van der Waals surface area contributed by atoms with Crippen LogP contribution in [0.25, 0.3) is 0 Å². The molecule has 0 saturated carbocycles. The number of halogens is 1. The number of carboxylic acid groups (broad SMARTS) is 1. The Morgan fingerprint density at radius 3 is 2.19 bits per heavy atom. The minimum Gasteiger partial charge on any atom is -0.480 e. The summed E-state index contributed by atoms with van der Waals surface area (Å²) in [5, 5.41) is 9.91. The van der Waals surface area contributed by atoms with Gasteiger partial charge >= 0.3 is 5.97 Å². The maximum Gasteiger partial charge on any atom is 0.328 e. The maximum absolute atomic E-state index is 12.1. The summed E-state index contributed by atoms with van der Waals surface area (Å²) in [5.41, 5.74) is -0.198. The fourth-order valence-corrected chi connectivity index (χ4v) is 2.69. The molecule has 0 aliphatic heterocycles. The number of nitrogens with zero attached hydrogens (tertiary/aromatic N) is 1. The van der Waals surface area contributed by atoms with Gasteiger partial charge in [-0.1, -0.05) is 44.2 Å². The van der Waals surface area contributed by atoms with Crippen LogP contribution in [0.4, 0.5) is 0 Å². The van der Waals surface area contributed by atoms with Crippen LogP contribution in [0.5, 0.6) is 0 Å². The van der Waals surface area contributed by atoms with Gasteiger partial charge in [-0.3, -0.25) is 4.90 Å². The zero-order chi connectivity index (χ0) is 15.0. The number of carbonyl (C=O) groups is 1. The summed E-state index contributed by atoms with van der Waals surface area (Å²) in [4.78, 5) is 14.1. The van der Waals surface area contributed by atoms with Gasteiger partial charge in [0.1, 0.15) is 5.54 Å². The number of carboxylic acids is 1. The molecule has 0 amide bonds. The predicted molar refractivity (Wildman–Crippen MR) is 87.0 cm³/mol. The van der Waals surface area contributed by atoms with Gasteiger partial charge < -0.3 is 9.84 Å². The van der Waals surface area contributed by atoms with E-state index in [0.717, 1.165) is 5.56 Å². The summed E-state index contributed by atoms with van der Waals surface area (Å²) < 4.78 is 5.41. The quantitative estimate of drug-likeness (QED) is 0.711. The molecule has 1 unspecified atom stereocenters. The third-order valence-corrected chi connectivity index (χ3v) is 3.72. The number of likely N-dealkylation sites (N-methyl/N-ethyl adjacent to an activating group) is 1. The highest BCUT2D eigenvalue weighted by Crippen LogP contribution is 2.32. The summed E-state index contributed by atoms with van der Waals surface area (Å²) in [6, 6.07) is 9.45. The largest absolute Gasteiger partial charge is 0.480 e. The molecule has 1 atom stereocenters. The first-order valence-electron chi connectivity index (χ1n) is 7.25. The van der Waals surface area contributed by atoms with Crippen molar-refractivity contribution in [2.75, 3.05) is 26.3 Å². The Labute approximate surface area is 133 Å². The number of hydrogen-bond acceptors (Lipinski definition) is 3. The van der Waals surface area contributed by atoms with Crippen molar-refractivity contribution in [1.29, 1.82) is 0 Å². The minimum absolute atomic E-state index is 0. The van der Waals surface area contributed by atoms with Crippen molar-refractivity contribution in [3.8, 4) is 0 Å². The highest BCUT2D eigenvalue weighted by molar-refractivity contribution is 5.85. The van der Waals surface area contributed by atoms with Crippen molar-refractivity contribution in [1.82, 2.24) is 4.90 Å². The molecule has 0 saturated heterocycles. The average Bonchev–Trinajstić information content (AvgIpc) is 2.47. The van der Waals surface area contributed by atoms with E-state index < -0.39 is 11.5 Å². The normalized spacial score (nSPS) is 13.5. The molecule has 0 spiro atoms. The summed E-state index contributed by atoms with van der Waals surface area (Å²) in [6.45, 7) is 8.31. The predicted octanol–water partition coefficient (Wildman–Crippen LogP) is 3.16. The Morgan fingerprint density at radius 1 is 1.19 bits per heavy atom. The molecule has 1 N–H and O–H groups in total. The third kappa shape index (κ3) is 4.43. The van der Waals surface area contributed by atoms with E-state index in [1.165, 1.54) is 0 Å². The van der Waals surface area contributed by atoms with Gasteiger partial charge in [-0.15, -0.1) is 12.4 Å². The van der Waals surface area contributed by atoms with E-state index in [1.54, 1.807) is 0 Å². The SMILES string of the molecule is CCOCCC(C(=O)O)(c1ccccc1)N(CC)CC.Cl. The first kappa shape index (κ1) is 19.9. The molecule has 1 aromatic carbocycles. The minimum atomic E-state index is -1.01. The highest BCUT2D eigenvalue weighted by atomic mass is 35.5. The van der Waals surface area contributed by atoms with E-state index in [-0.39, 0.29) is 12.4 Å². The molecule has 120 valence electrons. The average molecular weight is 316 g/mol. The summed E-state index contributed by atoms with van der Waals surface area (Å²) in [6.07, 6.45) is 0.446. The zero-order valence-corrected chi connectivity index (χ0v) is 13.9. The Kier molecular flexibility index (Phi) is 9.26. The summed E-state index contributed by atoms with van der Waals surface area (Å²) in [5.74, 6) is -0.813. The first-order chi connectivity index (χ1) is 9.63. The Bertz CT molecular complexity index is 409. The lowest BCUT2D eigenvalue weighted by Crippen LogP contribution is -2.52. The number of benzene rings is 1. The van der Waals surface area contributed by atoms with Gasteiger partial charge in [-0.05, 0) is 25.6 Å². The van der Waals surface area contributed by atoms with Crippen molar-refractivity contribution in [2.24, 2.45) is 0 Å². The van der Waals surface area contributed by atoms with Crippen LogP contribution in [-0.4, -0.2) is 42.3 Å². The molecule has 5 heteroatoms. The highest BCUT2D eigenvalue weighted by Gasteiger charge is 2.44. The van der Waals surface area contributed by atoms with Crippen LogP contribution in [-0.2, 0) is 15.1 Å². The fourth-order valence-electron chi connectivity index (χ4n) is 2.69. The molecule has 0 fully saturated rings. The van der Waals surface area contributed by atoms with Gasteiger partial charge in [0.25, 0.3) is 0 Å². The van der Waals surface area contributed by atoms with Crippen molar-refractivity contribution < 1.29 is 14.6 Å². The lowest BCUT2D eigenvalue weighted by Gasteiger charge is -2.40. The second-order valence-corrected chi connectivity index (χ2v) is 4.65. The van der Waals surface area contributed by atoms with Gasteiger partial charge in [-0.2, -0.15) is 0 Å². The molecule has 0 aliphatic carbocycles. The molecular formula is C16H26ClNO3. The monoisotopic (exact) mass is 315 g/mol. The molecule has 0 radical (unpaired) electrons. The lowest BCUT2D eigenvalue weighted by molar-refractivity contribution is -0.154. The van der Waals surface area contributed by atoms with Gasteiger partial charge in [-0.25, -0.2) is 4.79 Å². The number of aliphatic carboxylic acids is 1. The first-order valence-corrected chi connectivity index (χ1v) is 7.25. The van der Waals surface area contributed by atoms with E-state index in [2.05, 4.69) is 0 Å². The lowest BCUT2D eigenvalue weighted by atomic mass is 9.84. The molecular weight excluding hydrogens is 290 g/mol. The van der Waals surface area contributed by atoms with E-state index in [0.29, 0.717) is 32.7 Å². The fraction of sp³-hybridized carbons (Fsp3) is 0.562. The second kappa shape index (κ2) is 9.77. The van der Waals surface area contributed by atoms with Crippen LogP contribution in [0, 0.1) is 0 Å². The molecule has 4 nitrogen and oxygen atoms in total. The topological polar surface area (TPSA) is 49.8 Å².